The number of urea groups is 1. The third kappa shape index (κ3) is 5.35. The molecule has 1 heterocycles. The highest BCUT2D eigenvalue weighted by Gasteiger charge is 2.17. The molecule has 1 aromatic heterocycles. The number of nitrogens with one attached hydrogen (secondary N) is 1. The number of halogens is 2. The molecule has 0 aliphatic heterocycles. The molecule has 6 heteroatoms. The van der Waals surface area contributed by atoms with Gasteiger partial charge in [0, 0.05) is 28.2 Å². The van der Waals surface area contributed by atoms with Gasteiger partial charge in [-0.05, 0) is 47.7 Å². The number of amides is 2. The van der Waals surface area contributed by atoms with Crippen molar-refractivity contribution in [2.24, 2.45) is 0 Å². The summed E-state index contributed by atoms with van der Waals surface area (Å²) in [5.74, 6) is 0. The Balaban J connectivity index is 1.56. The van der Waals surface area contributed by atoms with Gasteiger partial charge in [0.2, 0.25) is 0 Å². The van der Waals surface area contributed by atoms with Gasteiger partial charge in [-0.1, -0.05) is 71.7 Å². The molecule has 0 aliphatic carbocycles. The fourth-order valence-corrected chi connectivity index (χ4v) is 3.95. The second kappa shape index (κ2) is 9.82. The highest BCUT2D eigenvalue weighted by Crippen LogP contribution is 2.24. The number of pyridine rings is 1. The van der Waals surface area contributed by atoms with E-state index in [0.717, 1.165) is 27.7 Å². The normalized spacial score (nSPS) is 10.8. The van der Waals surface area contributed by atoms with E-state index >= 15 is 0 Å². The number of carbonyl (C=O) groups is 1. The van der Waals surface area contributed by atoms with E-state index in [1.165, 1.54) is 0 Å². The number of hydrogen-bond donors (Lipinski definition) is 1. The van der Waals surface area contributed by atoms with E-state index in [1.54, 1.807) is 17.2 Å². The standard InChI is InChI=1S/C25H21Cl2N3O/c26-20-12-11-19(23(27)16-20)13-15-30(17-21-8-3-4-14-28-21)25(31)29-24-10-5-7-18-6-1-2-9-22(18)24/h1-12,14,16H,13,15,17H2,(H,29,31). The summed E-state index contributed by atoms with van der Waals surface area (Å²) in [7, 11) is 0. The van der Waals surface area contributed by atoms with Crippen LogP contribution in [0.15, 0.2) is 85.1 Å². The molecule has 0 fully saturated rings. The monoisotopic (exact) mass is 449 g/mol. The SMILES string of the molecule is O=C(Nc1cccc2ccccc12)N(CCc1ccc(Cl)cc1Cl)Cc1ccccn1. The quantitative estimate of drug-likeness (QED) is 0.350. The number of carbonyl (C=O) groups excluding carboxylic acids is 1. The largest absolute Gasteiger partial charge is 0.322 e. The number of hydrogen-bond acceptors (Lipinski definition) is 2. The lowest BCUT2D eigenvalue weighted by Crippen LogP contribution is -2.36. The van der Waals surface area contributed by atoms with Crippen molar-refractivity contribution in [2.75, 3.05) is 11.9 Å². The maximum atomic E-state index is 13.3. The molecule has 4 rings (SSSR count). The highest BCUT2D eigenvalue weighted by molar-refractivity contribution is 6.35. The zero-order chi connectivity index (χ0) is 21.6. The van der Waals surface area contributed by atoms with Crippen LogP contribution >= 0.6 is 23.2 Å². The zero-order valence-electron chi connectivity index (χ0n) is 16.8. The fraction of sp³-hybridized carbons (Fsp3) is 0.120. The first kappa shape index (κ1) is 21.2. The van der Waals surface area contributed by atoms with Crippen molar-refractivity contribution in [3.05, 3.63) is 106 Å². The number of benzene rings is 3. The van der Waals surface area contributed by atoms with Crippen LogP contribution in [0.2, 0.25) is 10.0 Å². The average molecular weight is 450 g/mol. The third-order valence-electron chi connectivity index (χ3n) is 5.06. The summed E-state index contributed by atoms with van der Waals surface area (Å²) in [5, 5.41) is 6.33. The number of fused-ring (bicyclic) bond motifs is 1. The Hall–Kier alpha value is -3.08. The van der Waals surface area contributed by atoms with Crippen LogP contribution in [0.25, 0.3) is 10.8 Å². The Morgan fingerprint density at radius 2 is 1.74 bits per heavy atom. The molecule has 0 unspecified atom stereocenters. The van der Waals surface area contributed by atoms with Gasteiger partial charge in [-0.25, -0.2) is 4.79 Å². The fourth-order valence-electron chi connectivity index (χ4n) is 3.45. The van der Waals surface area contributed by atoms with Crippen LogP contribution in [-0.2, 0) is 13.0 Å². The minimum Gasteiger partial charge on any atom is -0.318 e. The number of nitrogens with zero attached hydrogens (tertiary/aromatic N) is 2. The van der Waals surface area contributed by atoms with Crippen LogP contribution in [0.3, 0.4) is 0 Å². The van der Waals surface area contributed by atoms with E-state index in [9.17, 15) is 4.79 Å². The molecule has 0 atom stereocenters. The first-order valence-electron chi connectivity index (χ1n) is 9.98. The van der Waals surface area contributed by atoms with Crippen molar-refractivity contribution >= 4 is 45.7 Å². The molecule has 1 N–H and O–H groups in total. The number of aromatic nitrogens is 1. The molecule has 0 bridgehead atoms. The van der Waals surface area contributed by atoms with E-state index in [1.807, 2.05) is 72.8 Å². The van der Waals surface area contributed by atoms with Gasteiger partial charge < -0.3 is 10.2 Å². The number of anilines is 1. The van der Waals surface area contributed by atoms with Crippen molar-refractivity contribution in [3.8, 4) is 0 Å². The molecule has 0 radical (unpaired) electrons. The Morgan fingerprint density at radius 1 is 0.935 bits per heavy atom. The summed E-state index contributed by atoms with van der Waals surface area (Å²) in [6.45, 7) is 0.872. The third-order valence-corrected chi connectivity index (χ3v) is 5.65. The van der Waals surface area contributed by atoms with Crippen molar-refractivity contribution in [3.63, 3.8) is 0 Å². The van der Waals surface area contributed by atoms with Gasteiger partial charge in [-0.15, -0.1) is 0 Å². The van der Waals surface area contributed by atoms with Crippen molar-refractivity contribution < 1.29 is 4.79 Å². The molecule has 0 saturated heterocycles. The molecule has 0 spiro atoms. The highest BCUT2D eigenvalue weighted by atomic mass is 35.5. The van der Waals surface area contributed by atoms with E-state index in [4.69, 9.17) is 23.2 Å². The molecule has 0 saturated carbocycles. The minimum absolute atomic E-state index is 0.188. The summed E-state index contributed by atoms with van der Waals surface area (Å²) < 4.78 is 0. The maximum Gasteiger partial charge on any atom is 0.322 e. The zero-order valence-corrected chi connectivity index (χ0v) is 18.3. The first-order valence-corrected chi connectivity index (χ1v) is 10.7. The molecule has 4 nitrogen and oxygen atoms in total. The Labute approximate surface area is 191 Å². The van der Waals surface area contributed by atoms with Gasteiger partial charge in [0.1, 0.15) is 0 Å². The van der Waals surface area contributed by atoms with Crippen molar-refractivity contribution in [1.29, 1.82) is 0 Å². The second-order valence-corrected chi connectivity index (χ2v) is 8.03. The maximum absolute atomic E-state index is 13.3. The van der Waals surface area contributed by atoms with Gasteiger partial charge in [-0.2, -0.15) is 0 Å². The van der Waals surface area contributed by atoms with E-state index in [2.05, 4.69) is 10.3 Å². The molecule has 2 amide bonds. The van der Waals surface area contributed by atoms with Gasteiger partial charge in [0.15, 0.2) is 0 Å². The number of rotatable bonds is 6. The summed E-state index contributed by atoms with van der Waals surface area (Å²) in [5.41, 5.74) is 2.53. The van der Waals surface area contributed by atoms with Crippen LogP contribution in [0, 0.1) is 0 Å². The molecule has 31 heavy (non-hydrogen) atoms. The van der Waals surface area contributed by atoms with Crippen molar-refractivity contribution in [1.82, 2.24) is 9.88 Å². The molecule has 3 aromatic carbocycles. The second-order valence-electron chi connectivity index (χ2n) is 7.19. The van der Waals surface area contributed by atoms with Crippen LogP contribution in [-0.4, -0.2) is 22.5 Å². The van der Waals surface area contributed by atoms with Crippen LogP contribution in [0.5, 0.6) is 0 Å². The topological polar surface area (TPSA) is 45.2 Å². The van der Waals surface area contributed by atoms with Gasteiger partial charge in [0.25, 0.3) is 0 Å². The Kier molecular flexibility index (Phi) is 6.70. The van der Waals surface area contributed by atoms with Gasteiger partial charge in [-0.3, -0.25) is 4.98 Å². The lowest BCUT2D eigenvalue weighted by Gasteiger charge is -2.23. The summed E-state index contributed by atoms with van der Waals surface area (Å²) in [4.78, 5) is 19.4. The summed E-state index contributed by atoms with van der Waals surface area (Å²) in [6, 6.07) is 24.8. The summed E-state index contributed by atoms with van der Waals surface area (Å²) in [6.07, 6.45) is 2.33. The molecular weight excluding hydrogens is 429 g/mol. The minimum atomic E-state index is -0.188. The lowest BCUT2D eigenvalue weighted by atomic mass is 10.1. The first-order chi connectivity index (χ1) is 15.1. The van der Waals surface area contributed by atoms with Crippen LogP contribution < -0.4 is 5.32 Å². The van der Waals surface area contributed by atoms with E-state index < -0.39 is 0 Å². The lowest BCUT2D eigenvalue weighted by molar-refractivity contribution is 0.209. The predicted molar refractivity (Wildman–Crippen MR) is 128 cm³/mol. The van der Waals surface area contributed by atoms with Crippen LogP contribution in [0.1, 0.15) is 11.3 Å². The van der Waals surface area contributed by atoms with Crippen molar-refractivity contribution in [2.45, 2.75) is 13.0 Å². The molecular formula is C25H21Cl2N3O. The molecule has 4 aromatic rings. The molecule has 156 valence electrons. The predicted octanol–water partition coefficient (Wildman–Crippen LogP) is 6.82. The van der Waals surface area contributed by atoms with E-state index in [-0.39, 0.29) is 6.03 Å². The smallest absolute Gasteiger partial charge is 0.318 e. The Bertz CT molecular complexity index is 1190. The molecule has 0 aliphatic rings. The van der Waals surface area contributed by atoms with Crippen LogP contribution in [0.4, 0.5) is 10.5 Å². The van der Waals surface area contributed by atoms with Gasteiger partial charge in [0.05, 0.1) is 17.9 Å². The Morgan fingerprint density at radius 3 is 2.55 bits per heavy atom. The average Bonchev–Trinajstić information content (AvgIpc) is 2.78. The van der Waals surface area contributed by atoms with E-state index in [0.29, 0.717) is 29.6 Å². The summed E-state index contributed by atoms with van der Waals surface area (Å²) >= 11 is 12.3. The van der Waals surface area contributed by atoms with Gasteiger partial charge >= 0.3 is 6.03 Å².